The number of furan rings is 1. The minimum absolute atomic E-state index is 0.0293. The smallest absolute Gasteiger partial charge is 0.296 e. The topological polar surface area (TPSA) is 83.6 Å². The molecule has 0 bridgehead atoms. The third-order valence-corrected chi connectivity index (χ3v) is 6.39. The van der Waals surface area contributed by atoms with Crippen molar-refractivity contribution in [2.45, 2.75) is 19.9 Å². The average molecular weight is 448 g/mol. The van der Waals surface area contributed by atoms with Crippen molar-refractivity contribution in [2.24, 2.45) is 0 Å². The van der Waals surface area contributed by atoms with E-state index in [1.807, 2.05) is 26.0 Å². The van der Waals surface area contributed by atoms with Gasteiger partial charge in [-0.05, 0) is 60.9 Å². The van der Waals surface area contributed by atoms with E-state index >= 15 is 0 Å². The molecule has 1 amide bonds. The van der Waals surface area contributed by atoms with Crippen molar-refractivity contribution >= 4 is 38.4 Å². The Bertz CT molecular complexity index is 1420. The molecule has 2 aromatic heterocycles. The Morgan fingerprint density at radius 2 is 2.00 bits per heavy atom. The molecule has 32 heavy (non-hydrogen) atoms. The molecule has 6 nitrogen and oxygen atoms in total. The van der Waals surface area contributed by atoms with Crippen LogP contribution in [-0.4, -0.2) is 21.8 Å². The highest BCUT2D eigenvalue weighted by molar-refractivity contribution is 7.22. The zero-order valence-corrected chi connectivity index (χ0v) is 17.9. The minimum atomic E-state index is -1.06. The monoisotopic (exact) mass is 448 g/mol. The van der Waals surface area contributed by atoms with Gasteiger partial charge >= 0.3 is 0 Å². The van der Waals surface area contributed by atoms with Crippen LogP contribution in [-0.2, 0) is 4.79 Å². The summed E-state index contributed by atoms with van der Waals surface area (Å²) in [5.41, 5.74) is 2.88. The van der Waals surface area contributed by atoms with Gasteiger partial charge in [-0.1, -0.05) is 29.5 Å². The number of rotatable bonds is 4. The van der Waals surface area contributed by atoms with Gasteiger partial charge in [0.25, 0.3) is 5.91 Å². The number of benzene rings is 2. The lowest BCUT2D eigenvalue weighted by Crippen LogP contribution is -2.31. The van der Waals surface area contributed by atoms with Gasteiger partial charge in [0.05, 0.1) is 28.1 Å². The van der Waals surface area contributed by atoms with Gasteiger partial charge in [-0.25, -0.2) is 9.37 Å². The number of ketones is 1. The summed E-state index contributed by atoms with van der Waals surface area (Å²) in [7, 11) is 0. The summed E-state index contributed by atoms with van der Waals surface area (Å²) in [4.78, 5) is 32.3. The molecule has 0 saturated heterocycles. The van der Waals surface area contributed by atoms with E-state index in [1.54, 1.807) is 6.07 Å². The summed E-state index contributed by atoms with van der Waals surface area (Å²) in [6.45, 7) is 3.90. The first-order chi connectivity index (χ1) is 15.3. The Balaban J connectivity index is 1.71. The van der Waals surface area contributed by atoms with E-state index in [9.17, 15) is 19.1 Å². The standard InChI is InChI=1S/C24H17FN2O4S/c1-12-9-13(2)19-17(10-12)32-24(26-19)27-20(14-5-3-6-15(25)11-14)18(22(29)23(27)30)21(28)16-7-4-8-31-16/h3-11,20,29H,1-2H3/t20-/m1/s1. The van der Waals surface area contributed by atoms with Crippen LogP contribution in [0.4, 0.5) is 9.52 Å². The van der Waals surface area contributed by atoms with Crippen LogP contribution in [0.1, 0.15) is 33.3 Å². The number of aliphatic hydroxyl groups is 1. The lowest BCUT2D eigenvalue weighted by molar-refractivity contribution is -0.117. The third kappa shape index (κ3) is 3.11. The number of halogens is 1. The van der Waals surface area contributed by atoms with Crippen LogP contribution in [0, 0.1) is 19.7 Å². The highest BCUT2D eigenvalue weighted by atomic mass is 32.1. The minimum Gasteiger partial charge on any atom is -0.503 e. The zero-order chi connectivity index (χ0) is 22.6. The van der Waals surface area contributed by atoms with Crippen LogP contribution in [0.5, 0.6) is 0 Å². The molecular weight excluding hydrogens is 431 g/mol. The summed E-state index contributed by atoms with van der Waals surface area (Å²) in [5, 5.41) is 11.0. The fourth-order valence-corrected chi connectivity index (χ4v) is 5.20. The van der Waals surface area contributed by atoms with Gasteiger partial charge in [-0.3, -0.25) is 14.5 Å². The van der Waals surface area contributed by atoms with E-state index in [-0.39, 0.29) is 11.3 Å². The van der Waals surface area contributed by atoms with E-state index in [0.29, 0.717) is 10.7 Å². The quantitative estimate of drug-likeness (QED) is 0.421. The molecule has 1 atom stereocenters. The fourth-order valence-electron chi connectivity index (χ4n) is 4.03. The summed E-state index contributed by atoms with van der Waals surface area (Å²) in [6.07, 6.45) is 1.33. The molecule has 8 heteroatoms. The number of carbonyl (C=O) groups excluding carboxylic acids is 2. The zero-order valence-electron chi connectivity index (χ0n) is 17.1. The van der Waals surface area contributed by atoms with Crippen LogP contribution in [0.15, 0.2) is 70.5 Å². The number of Topliss-reactive ketones (excluding diaryl/α,β-unsaturated/α-hetero) is 1. The summed E-state index contributed by atoms with van der Waals surface area (Å²) in [6, 6.07) is 11.5. The van der Waals surface area contributed by atoms with Crippen LogP contribution in [0.3, 0.4) is 0 Å². The van der Waals surface area contributed by atoms with Gasteiger partial charge in [-0.2, -0.15) is 0 Å². The van der Waals surface area contributed by atoms with Gasteiger partial charge in [0.2, 0.25) is 5.78 Å². The number of nitrogens with zero attached hydrogens (tertiary/aromatic N) is 2. The maximum Gasteiger partial charge on any atom is 0.296 e. The Hall–Kier alpha value is -3.78. The van der Waals surface area contributed by atoms with Gasteiger partial charge in [0, 0.05) is 0 Å². The number of aliphatic hydroxyl groups excluding tert-OH is 1. The number of thiazole rings is 1. The predicted octanol–water partition coefficient (Wildman–Crippen LogP) is 5.43. The number of aromatic nitrogens is 1. The van der Waals surface area contributed by atoms with Gasteiger partial charge in [0.15, 0.2) is 16.7 Å². The number of anilines is 1. The predicted molar refractivity (Wildman–Crippen MR) is 118 cm³/mol. The summed E-state index contributed by atoms with van der Waals surface area (Å²) < 4.78 is 20.2. The molecule has 3 heterocycles. The number of hydrogen-bond donors (Lipinski definition) is 1. The fraction of sp³-hybridized carbons (Fsp3) is 0.125. The summed E-state index contributed by atoms with van der Waals surface area (Å²) in [5.74, 6) is -2.68. The molecule has 1 aliphatic rings. The molecule has 1 aliphatic heterocycles. The molecule has 2 aromatic carbocycles. The van der Waals surface area contributed by atoms with E-state index < -0.39 is 29.3 Å². The SMILES string of the molecule is Cc1cc(C)c2nc(N3C(=O)C(O)=C(C(=O)c4ccco4)[C@H]3c3cccc(F)c3)sc2c1. The first-order valence-corrected chi connectivity index (χ1v) is 10.6. The van der Waals surface area contributed by atoms with Crippen molar-refractivity contribution in [2.75, 3.05) is 4.90 Å². The first-order valence-electron chi connectivity index (χ1n) is 9.83. The van der Waals surface area contributed by atoms with E-state index in [2.05, 4.69) is 4.98 Å². The Labute approximate surface area is 186 Å². The van der Waals surface area contributed by atoms with Crippen molar-refractivity contribution in [3.05, 3.63) is 94.4 Å². The largest absolute Gasteiger partial charge is 0.503 e. The summed E-state index contributed by atoms with van der Waals surface area (Å²) >= 11 is 1.27. The van der Waals surface area contributed by atoms with Crippen LogP contribution in [0.2, 0.25) is 0 Å². The van der Waals surface area contributed by atoms with Crippen molar-refractivity contribution in [3.8, 4) is 0 Å². The maximum atomic E-state index is 14.1. The first kappa shape index (κ1) is 20.1. The van der Waals surface area contributed by atoms with Gasteiger partial charge in [-0.15, -0.1) is 0 Å². The maximum absolute atomic E-state index is 14.1. The van der Waals surface area contributed by atoms with E-state index in [0.717, 1.165) is 21.3 Å². The molecule has 0 aliphatic carbocycles. The lowest BCUT2D eigenvalue weighted by Gasteiger charge is -2.24. The third-order valence-electron chi connectivity index (χ3n) is 5.39. The Kier molecular flexibility index (Phi) is 4.67. The molecule has 0 saturated carbocycles. The van der Waals surface area contributed by atoms with Crippen molar-refractivity contribution in [3.63, 3.8) is 0 Å². The average Bonchev–Trinajstić information content (AvgIpc) is 3.47. The second kappa shape index (κ2) is 7.42. The van der Waals surface area contributed by atoms with E-state index in [4.69, 9.17) is 4.42 Å². The molecule has 0 unspecified atom stereocenters. The molecule has 0 fully saturated rings. The highest BCUT2D eigenvalue weighted by Crippen LogP contribution is 2.44. The van der Waals surface area contributed by atoms with Crippen LogP contribution >= 0.6 is 11.3 Å². The van der Waals surface area contributed by atoms with Gasteiger partial charge in [0.1, 0.15) is 5.82 Å². The van der Waals surface area contributed by atoms with Crippen molar-refractivity contribution in [1.82, 2.24) is 4.98 Å². The molecule has 160 valence electrons. The number of fused-ring (bicyclic) bond motifs is 1. The molecule has 1 N–H and O–H groups in total. The Morgan fingerprint density at radius 1 is 1.19 bits per heavy atom. The second-order valence-electron chi connectivity index (χ2n) is 7.63. The second-order valence-corrected chi connectivity index (χ2v) is 8.64. The van der Waals surface area contributed by atoms with E-state index in [1.165, 1.54) is 52.8 Å². The van der Waals surface area contributed by atoms with Crippen molar-refractivity contribution in [1.29, 1.82) is 0 Å². The number of hydrogen-bond acceptors (Lipinski definition) is 6. The molecule has 5 rings (SSSR count). The van der Waals surface area contributed by atoms with Crippen LogP contribution in [0.25, 0.3) is 10.2 Å². The normalized spacial score (nSPS) is 16.4. The van der Waals surface area contributed by atoms with Crippen LogP contribution < -0.4 is 4.90 Å². The highest BCUT2D eigenvalue weighted by Gasteiger charge is 2.46. The molecule has 0 spiro atoms. The Morgan fingerprint density at radius 3 is 2.72 bits per heavy atom. The molecule has 0 radical (unpaired) electrons. The number of carbonyl (C=O) groups is 2. The number of aryl methyl sites for hydroxylation is 2. The number of amides is 1. The molecular formula is C24H17FN2O4S. The van der Waals surface area contributed by atoms with Crippen molar-refractivity contribution < 1.29 is 23.5 Å². The lowest BCUT2D eigenvalue weighted by atomic mass is 9.95. The van der Waals surface area contributed by atoms with Gasteiger partial charge < -0.3 is 9.52 Å². The molecule has 4 aromatic rings.